The number of hydrogen-bond acceptors (Lipinski definition) is 2. The predicted octanol–water partition coefficient (Wildman–Crippen LogP) is 4.06. The molecule has 1 N–H and O–H groups in total. The molecule has 0 unspecified atom stereocenters. The summed E-state index contributed by atoms with van der Waals surface area (Å²) in [6, 6.07) is 0. The van der Waals surface area contributed by atoms with Crippen LogP contribution in [0.25, 0.3) is 0 Å². The molecular weight excluding hydrogens is 232 g/mol. The van der Waals surface area contributed by atoms with Crippen LogP contribution in [0.4, 0.5) is 0 Å². The number of piperazine rings is 1. The fourth-order valence-corrected chi connectivity index (χ4v) is 3.44. The van der Waals surface area contributed by atoms with Gasteiger partial charge in [-0.3, -0.25) is 4.90 Å². The standard InChI is InChI=1S/C17H36N2/c1-6-9-10-11-16(4,5)14-19-13-12-18-17(7-2,8-3)15-19/h18H,6-15H2,1-5H3. The molecule has 0 aliphatic carbocycles. The summed E-state index contributed by atoms with van der Waals surface area (Å²) in [5, 5.41) is 3.76. The van der Waals surface area contributed by atoms with E-state index in [2.05, 4.69) is 44.8 Å². The third kappa shape index (κ3) is 5.43. The van der Waals surface area contributed by atoms with Gasteiger partial charge in [0.15, 0.2) is 0 Å². The highest BCUT2D eigenvalue weighted by Crippen LogP contribution is 2.28. The lowest BCUT2D eigenvalue weighted by Crippen LogP contribution is -2.60. The summed E-state index contributed by atoms with van der Waals surface area (Å²) < 4.78 is 0. The molecule has 1 aliphatic rings. The normalized spacial score (nSPS) is 20.7. The number of rotatable bonds is 8. The van der Waals surface area contributed by atoms with Crippen molar-refractivity contribution >= 4 is 0 Å². The van der Waals surface area contributed by atoms with E-state index in [1.54, 1.807) is 0 Å². The van der Waals surface area contributed by atoms with E-state index in [0.717, 1.165) is 6.54 Å². The molecule has 2 nitrogen and oxygen atoms in total. The molecule has 0 atom stereocenters. The molecule has 1 rings (SSSR count). The van der Waals surface area contributed by atoms with Gasteiger partial charge < -0.3 is 5.32 Å². The van der Waals surface area contributed by atoms with E-state index in [4.69, 9.17) is 0 Å². The Morgan fingerprint density at radius 1 is 1.11 bits per heavy atom. The average molecular weight is 268 g/mol. The molecule has 1 fully saturated rings. The minimum Gasteiger partial charge on any atom is -0.309 e. The van der Waals surface area contributed by atoms with E-state index in [9.17, 15) is 0 Å². The maximum Gasteiger partial charge on any atom is 0.0304 e. The average Bonchev–Trinajstić information content (AvgIpc) is 2.38. The van der Waals surface area contributed by atoms with Gasteiger partial charge in [0.2, 0.25) is 0 Å². The van der Waals surface area contributed by atoms with Gasteiger partial charge in [0.1, 0.15) is 0 Å². The highest BCUT2D eigenvalue weighted by Gasteiger charge is 2.33. The third-order valence-corrected chi connectivity index (χ3v) is 4.92. The zero-order valence-electron chi connectivity index (χ0n) is 14.0. The molecule has 19 heavy (non-hydrogen) atoms. The van der Waals surface area contributed by atoms with Crippen LogP contribution < -0.4 is 5.32 Å². The molecule has 2 heteroatoms. The third-order valence-electron chi connectivity index (χ3n) is 4.92. The predicted molar refractivity (Wildman–Crippen MR) is 85.7 cm³/mol. The van der Waals surface area contributed by atoms with Gasteiger partial charge in [-0.25, -0.2) is 0 Å². The van der Waals surface area contributed by atoms with Crippen LogP contribution in [-0.2, 0) is 0 Å². The van der Waals surface area contributed by atoms with Crippen LogP contribution in [0.1, 0.15) is 73.1 Å². The highest BCUT2D eigenvalue weighted by molar-refractivity contribution is 4.93. The fourth-order valence-electron chi connectivity index (χ4n) is 3.44. The first-order valence-corrected chi connectivity index (χ1v) is 8.44. The minimum absolute atomic E-state index is 0.373. The van der Waals surface area contributed by atoms with Gasteiger partial charge in [-0.05, 0) is 24.7 Å². The molecule has 0 amide bonds. The van der Waals surface area contributed by atoms with Crippen molar-refractivity contribution in [1.82, 2.24) is 10.2 Å². The zero-order valence-corrected chi connectivity index (χ0v) is 14.0. The Balaban J connectivity index is 2.46. The molecule has 1 aliphatic heterocycles. The summed E-state index contributed by atoms with van der Waals surface area (Å²) in [4.78, 5) is 2.70. The summed E-state index contributed by atoms with van der Waals surface area (Å²) in [6.07, 6.45) is 7.97. The van der Waals surface area contributed by atoms with Crippen LogP contribution in [0.15, 0.2) is 0 Å². The summed E-state index contributed by atoms with van der Waals surface area (Å²) in [5.74, 6) is 0. The lowest BCUT2D eigenvalue weighted by Gasteiger charge is -2.45. The molecule has 0 radical (unpaired) electrons. The Morgan fingerprint density at radius 3 is 2.37 bits per heavy atom. The minimum atomic E-state index is 0.373. The molecule has 0 bridgehead atoms. The second-order valence-corrected chi connectivity index (χ2v) is 7.25. The Kier molecular flexibility index (Phi) is 6.82. The van der Waals surface area contributed by atoms with Crippen molar-refractivity contribution in [2.45, 2.75) is 78.7 Å². The summed E-state index contributed by atoms with van der Waals surface area (Å²) in [7, 11) is 0. The Bertz CT molecular complexity index is 244. The molecule has 0 aromatic heterocycles. The van der Waals surface area contributed by atoms with E-state index in [1.165, 1.54) is 58.2 Å². The van der Waals surface area contributed by atoms with Crippen molar-refractivity contribution in [2.24, 2.45) is 5.41 Å². The first-order valence-electron chi connectivity index (χ1n) is 8.44. The molecular formula is C17H36N2. The smallest absolute Gasteiger partial charge is 0.0304 e. The van der Waals surface area contributed by atoms with Crippen molar-refractivity contribution < 1.29 is 0 Å². The van der Waals surface area contributed by atoms with Gasteiger partial charge in [0, 0.05) is 31.7 Å². The largest absolute Gasteiger partial charge is 0.309 e. The quantitative estimate of drug-likeness (QED) is 0.668. The number of nitrogens with one attached hydrogen (secondary N) is 1. The second kappa shape index (κ2) is 7.64. The van der Waals surface area contributed by atoms with Gasteiger partial charge >= 0.3 is 0 Å². The van der Waals surface area contributed by atoms with Gasteiger partial charge in [-0.1, -0.05) is 53.9 Å². The monoisotopic (exact) mass is 268 g/mol. The van der Waals surface area contributed by atoms with Crippen molar-refractivity contribution in [3.8, 4) is 0 Å². The summed E-state index contributed by atoms with van der Waals surface area (Å²) in [5.41, 5.74) is 0.845. The lowest BCUT2D eigenvalue weighted by molar-refractivity contribution is 0.0835. The van der Waals surface area contributed by atoms with Crippen LogP contribution in [-0.4, -0.2) is 36.6 Å². The van der Waals surface area contributed by atoms with Crippen molar-refractivity contribution in [3.63, 3.8) is 0 Å². The summed E-state index contributed by atoms with van der Waals surface area (Å²) in [6.45, 7) is 16.7. The maximum absolute atomic E-state index is 3.76. The number of unbranched alkanes of at least 4 members (excludes halogenated alkanes) is 2. The van der Waals surface area contributed by atoms with Crippen LogP contribution in [0.5, 0.6) is 0 Å². The number of nitrogens with zero attached hydrogens (tertiary/aromatic N) is 1. The van der Waals surface area contributed by atoms with Gasteiger partial charge in [0.25, 0.3) is 0 Å². The molecule has 1 saturated heterocycles. The van der Waals surface area contributed by atoms with Crippen LogP contribution in [0, 0.1) is 5.41 Å². The fraction of sp³-hybridized carbons (Fsp3) is 1.00. The van der Waals surface area contributed by atoms with Crippen LogP contribution >= 0.6 is 0 Å². The first-order chi connectivity index (χ1) is 8.97. The van der Waals surface area contributed by atoms with Gasteiger partial charge in [-0.15, -0.1) is 0 Å². The molecule has 0 aromatic rings. The zero-order chi connectivity index (χ0) is 14.4. The van der Waals surface area contributed by atoms with Crippen molar-refractivity contribution in [2.75, 3.05) is 26.2 Å². The SMILES string of the molecule is CCCCCC(C)(C)CN1CCNC(CC)(CC)C1. The van der Waals surface area contributed by atoms with Crippen LogP contribution in [0.3, 0.4) is 0 Å². The highest BCUT2D eigenvalue weighted by atomic mass is 15.2. The Labute approximate surface area is 121 Å². The lowest BCUT2D eigenvalue weighted by atomic mass is 9.84. The first kappa shape index (κ1) is 17.0. The molecule has 114 valence electrons. The Hall–Kier alpha value is -0.0800. The van der Waals surface area contributed by atoms with Crippen molar-refractivity contribution in [3.05, 3.63) is 0 Å². The molecule has 0 saturated carbocycles. The molecule has 1 heterocycles. The molecule has 0 spiro atoms. The molecule has 0 aromatic carbocycles. The van der Waals surface area contributed by atoms with E-state index in [0.29, 0.717) is 11.0 Å². The van der Waals surface area contributed by atoms with Gasteiger partial charge in [0.05, 0.1) is 0 Å². The van der Waals surface area contributed by atoms with Crippen LogP contribution in [0.2, 0.25) is 0 Å². The van der Waals surface area contributed by atoms with Gasteiger partial charge in [-0.2, -0.15) is 0 Å². The number of hydrogen-bond donors (Lipinski definition) is 1. The summed E-state index contributed by atoms with van der Waals surface area (Å²) >= 11 is 0. The second-order valence-electron chi connectivity index (χ2n) is 7.25. The van der Waals surface area contributed by atoms with E-state index < -0.39 is 0 Å². The maximum atomic E-state index is 3.76. The van der Waals surface area contributed by atoms with Crippen molar-refractivity contribution in [1.29, 1.82) is 0 Å². The topological polar surface area (TPSA) is 15.3 Å². The van der Waals surface area contributed by atoms with E-state index in [-0.39, 0.29) is 0 Å². The Morgan fingerprint density at radius 2 is 1.79 bits per heavy atom. The van der Waals surface area contributed by atoms with E-state index in [1.807, 2.05) is 0 Å². The van der Waals surface area contributed by atoms with E-state index >= 15 is 0 Å².